The fraction of sp³-hybridized carbons (Fsp3) is 0.444. The third kappa shape index (κ3) is 3.44. The highest BCUT2D eigenvalue weighted by molar-refractivity contribution is 7.98. The lowest BCUT2D eigenvalue weighted by Gasteiger charge is -2.05. The minimum Gasteiger partial charge on any atom is -0.481 e. The summed E-state index contributed by atoms with van der Waals surface area (Å²) < 4.78 is 5.12. The lowest BCUT2D eigenvalue weighted by atomic mass is 10.3. The van der Waals surface area contributed by atoms with Crippen molar-refractivity contribution < 1.29 is 4.74 Å². The van der Waals surface area contributed by atoms with E-state index in [0.29, 0.717) is 11.8 Å². The van der Waals surface area contributed by atoms with E-state index < -0.39 is 0 Å². The van der Waals surface area contributed by atoms with Gasteiger partial charge >= 0.3 is 0 Å². The van der Waals surface area contributed by atoms with Crippen molar-refractivity contribution in [3.63, 3.8) is 0 Å². The van der Waals surface area contributed by atoms with Gasteiger partial charge in [-0.2, -0.15) is 11.8 Å². The zero-order valence-electron chi connectivity index (χ0n) is 7.50. The van der Waals surface area contributed by atoms with Crippen LogP contribution < -0.4 is 4.74 Å². The summed E-state index contributed by atoms with van der Waals surface area (Å²) in [5.74, 6) is 3.26. The van der Waals surface area contributed by atoms with E-state index in [2.05, 4.69) is 4.98 Å². The van der Waals surface area contributed by atoms with Crippen LogP contribution in [0.5, 0.6) is 5.88 Å². The van der Waals surface area contributed by atoms with Gasteiger partial charge in [-0.3, -0.25) is 0 Å². The normalized spacial score (nSPS) is 10.0. The van der Waals surface area contributed by atoms with Crippen molar-refractivity contribution in [3.8, 4) is 5.88 Å². The lowest BCUT2D eigenvalue weighted by molar-refractivity contribution is 0.394. The number of alkyl halides is 1. The van der Waals surface area contributed by atoms with Crippen LogP contribution in [0, 0.1) is 0 Å². The smallest absolute Gasteiger partial charge is 0.217 e. The Morgan fingerprint density at radius 2 is 2.46 bits per heavy atom. The summed E-state index contributed by atoms with van der Waals surface area (Å²) in [5.41, 5.74) is 1.13. The second-order valence-electron chi connectivity index (χ2n) is 2.41. The van der Waals surface area contributed by atoms with Crippen molar-refractivity contribution in [2.45, 2.75) is 5.75 Å². The lowest BCUT2D eigenvalue weighted by Crippen LogP contribution is -1.93. The Balaban J connectivity index is 2.54. The zero-order chi connectivity index (χ0) is 9.52. The molecule has 0 atom stereocenters. The molecule has 1 aromatic rings. The van der Waals surface area contributed by atoms with Gasteiger partial charge in [-0.15, -0.1) is 11.6 Å². The van der Waals surface area contributed by atoms with Gasteiger partial charge in [0, 0.05) is 29.1 Å². The fourth-order valence-electron chi connectivity index (χ4n) is 0.954. The number of hydrogen-bond donors (Lipinski definition) is 0. The third-order valence-corrected chi connectivity index (χ3v) is 2.94. The van der Waals surface area contributed by atoms with Gasteiger partial charge in [0.05, 0.1) is 7.11 Å². The summed E-state index contributed by atoms with van der Waals surface area (Å²) >= 11 is 7.36. The molecule has 0 fully saturated rings. The number of ether oxygens (including phenoxy) is 1. The molecule has 0 aromatic carbocycles. The summed E-state index contributed by atoms with van der Waals surface area (Å²) in [7, 11) is 1.64. The van der Waals surface area contributed by atoms with Crippen LogP contribution in [0.1, 0.15) is 5.56 Å². The molecule has 0 saturated carbocycles. The van der Waals surface area contributed by atoms with Crippen LogP contribution in [0.4, 0.5) is 0 Å². The maximum absolute atomic E-state index is 5.57. The van der Waals surface area contributed by atoms with E-state index in [1.165, 1.54) is 0 Å². The van der Waals surface area contributed by atoms with Gasteiger partial charge in [0.15, 0.2) is 0 Å². The van der Waals surface area contributed by atoms with Crippen molar-refractivity contribution in [3.05, 3.63) is 23.9 Å². The molecule has 0 saturated heterocycles. The molecule has 0 aliphatic heterocycles. The van der Waals surface area contributed by atoms with Gasteiger partial charge in [0.1, 0.15) is 0 Å². The maximum atomic E-state index is 5.57. The monoisotopic (exact) mass is 217 g/mol. The average Bonchev–Trinajstić information content (AvgIpc) is 2.19. The number of nitrogens with zero attached hydrogens (tertiary/aromatic N) is 1. The highest BCUT2D eigenvalue weighted by Gasteiger charge is 2.01. The zero-order valence-corrected chi connectivity index (χ0v) is 9.07. The van der Waals surface area contributed by atoms with Gasteiger partial charge in [0.2, 0.25) is 5.88 Å². The van der Waals surface area contributed by atoms with Gasteiger partial charge in [-0.1, -0.05) is 6.07 Å². The highest BCUT2D eigenvalue weighted by Crippen LogP contribution is 2.19. The Hall–Kier alpha value is -0.410. The van der Waals surface area contributed by atoms with Crippen molar-refractivity contribution in [1.82, 2.24) is 4.98 Å². The van der Waals surface area contributed by atoms with Crippen LogP contribution in [-0.2, 0) is 5.75 Å². The van der Waals surface area contributed by atoms with E-state index in [4.69, 9.17) is 16.3 Å². The van der Waals surface area contributed by atoms with E-state index in [9.17, 15) is 0 Å². The molecule has 2 nitrogen and oxygen atoms in total. The standard InChI is InChI=1S/C9H12ClNOS/c1-12-9-8(3-2-5-11-9)7-13-6-4-10/h2-3,5H,4,6-7H2,1H3. The molecule has 72 valence electrons. The largest absolute Gasteiger partial charge is 0.481 e. The van der Waals surface area contributed by atoms with Gasteiger partial charge in [0.25, 0.3) is 0 Å². The van der Waals surface area contributed by atoms with Crippen LogP contribution in [0.2, 0.25) is 0 Å². The number of aromatic nitrogens is 1. The molecule has 0 bridgehead atoms. The number of halogens is 1. The third-order valence-electron chi connectivity index (χ3n) is 1.52. The molecular weight excluding hydrogens is 206 g/mol. The molecule has 4 heteroatoms. The molecule has 0 amide bonds. The van der Waals surface area contributed by atoms with E-state index in [-0.39, 0.29) is 0 Å². The van der Waals surface area contributed by atoms with Crippen LogP contribution in [0.25, 0.3) is 0 Å². The fourth-order valence-corrected chi connectivity index (χ4v) is 1.97. The summed E-state index contributed by atoms with van der Waals surface area (Å²) in [6.45, 7) is 0. The molecule has 0 spiro atoms. The summed E-state index contributed by atoms with van der Waals surface area (Å²) in [6, 6.07) is 3.94. The van der Waals surface area contributed by atoms with Crippen molar-refractivity contribution in [1.29, 1.82) is 0 Å². The van der Waals surface area contributed by atoms with E-state index in [1.54, 1.807) is 25.1 Å². The number of rotatable bonds is 5. The predicted molar refractivity (Wildman–Crippen MR) is 57.7 cm³/mol. The van der Waals surface area contributed by atoms with E-state index in [1.807, 2.05) is 12.1 Å². The first-order chi connectivity index (χ1) is 6.38. The van der Waals surface area contributed by atoms with Crippen LogP contribution in [0.3, 0.4) is 0 Å². The number of methoxy groups -OCH3 is 1. The molecule has 13 heavy (non-hydrogen) atoms. The number of pyridine rings is 1. The summed E-state index contributed by atoms with van der Waals surface area (Å²) in [6.07, 6.45) is 1.73. The molecule has 0 N–H and O–H groups in total. The van der Waals surface area contributed by atoms with Gasteiger partial charge in [-0.05, 0) is 6.07 Å². The first-order valence-electron chi connectivity index (χ1n) is 4.00. The molecule has 1 rings (SSSR count). The highest BCUT2D eigenvalue weighted by atomic mass is 35.5. The Bertz CT molecular complexity index is 257. The van der Waals surface area contributed by atoms with Crippen LogP contribution in [-0.4, -0.2) is 23.7 Å². The quantitative estimate of drug-likeness (QED) is 0.559. The Morgan fingerprint density at radius 1 is 1.62 bits per heavy atom. The minimum absolute atomic E-state index is 0.688. The van der Waals surface area contributed by atoms with E-state index in [0.717, 1.165) is 17.1 Å². The van der Waals surface area contributed by atoms with Crippen molar-refractivity contribution in [2.24, 2.45) is 0 Å². The number of thioether (sulfide) groups is 1. The predicted octanol–water partition coefficient (Wildman–Crippen LogP) is 2.56. The Morgan fingerprint density at radius 3 is 3.15 bits per heavy atom. The van der Waals surface area contributed by atoms with Crippen LogP contribution >= 0.6 is 23.4 Å². The van der Waals surface area contributed by atoms with Crippen LogP contribution in [0.15, 0.2) is 18.3 Å². The second kappa shape index (κ2) is 6.11. The minimum atomic E-state index is 0.688. The number of hydrogen-bond acceptors (Lipinski definition) is 3. The van der Waals surface area contributed by atoms with Gasteiger partial charge < -0.3 is 4.74 Å². The average molecular weight is 218 g/mol. The topological polar surface area (TPSA) is 22.1 Å². The molecule has 0 aliphatic rings. The maximum Gasteiger partial charge on any atom is 0.217 e. The molecule has 0 aliphatic carbocycles. The Labute approximate surface area is 87.7 Å². The van der Waals surface area contributed by atoms with Crippen molar-refractivity contribution >= 4 is 23.4 Å². The first kappa shape index (κ1) is 10.7. The summed E-state index contributed by atoms with van der Waals surface area (Å²) in [5, 5.41) is 0. The Kier molecular flexibility index (Phi) is 5.01. The van der Waals surface area contributed by atoms with Gasteiger partial charge in [-0.25, -0.2) is 4.98 Å². The van der Waals surface area contributed by atoms with Crippen molar-refractivity contribution in [2.75, 3.05) is 18.7 Å². The SMILES string of the molecule is COc1ncccc1CSCCCl. The molecule has 0 radical (unpaired) electrons. The molecular formula is C9H12ClNOS. The molecule has 0 unspecified atom stereocenters. The van der Waals surface area contributed by atoms with E-state index >= 15 is 0 Å². The first-order valence-corrected chi connectivity index (χ1v) is 5.69. The molecule has 1 aromatic heterocycles. The second-order valence-corrected chi connectivity index (χ2v) is 3.90. The summed E-state index contributed by atoms with van der Waals surface area (Å²) in [4.78, 5) is 4.11. The molecule has 1 heterocycles.